The van der Waals surface area contributed by atoms with Crippen LogP contribution in [0.5, 0.6) is 0 Å². The lowest BCUT2D eigenvalue weighted by Gasteiger charge is -2.29. The van der Waals surface area contributed by atoms with Crippen molar-refractivity contribution in [1.82, 2.24) is 4.90 Å². The highest BCUT2D eigenvalue weighted by atomic mass is 32.2. The van der Waals surface area contributed by atoms with Gasteiger partial charge in [0.05, 0.1) is 18.5 Å². The van der Waals surface area contributed by atoms with Gasteiger partial charge in [0.2, 0.25) is 0 Å². The van der Waals surface area contributed by atoms with E-state index in [1.165, 1.54) is 6.26 Å². The minimum atomic E-state index is -4.68. The molecule has 186 valence electrons. The number of alkyl halides is 3. The van der Waals surface area contributed by atoms with Gasteiger partial charge in [-0.1, -0.05) is 17.2 Å². The number of benzene rings is 2. The molecule has 0 saturated heterocycles. The van der Waals surface area contributed by atoms with Crippen molar-refractivity contribution in [2.75, 3.05) is 37.3 Å². The van der Waals surface area contributed by atoms with Crippen LogP contribution in [0.4, 0.5) is 36.8 Å². The van der Waals surface area contributed by atoms with Crippen molar-refractivity contribution in [3.8, 4) is 0 Å². The number of methoxy groups -OCH3 is 1. The van der Waals surface area contributed by atoms with Crippen LogP contribution < -0.4 is 4.90 Å². The highest BCUT2D eigenvalue weighted by Crippen LogP contribution is 2.38. The second kappa shape index (κ2) is 11.8. The van der Waals surface area contributed by atoms with E-state index in [9.17, 15) is 40.5 Å². The minimum absolute atomic E-state index is 0.266. The lowest BCUT2D eigenvalue weighted by molar-refractivity contribution is -0.0328. The maximum atomic E-state index is 14.7. The molecule has 6 nitrogen and oxygen atoms in total. The number of hydrogen-bond acceptors (Lipinski definition) is 5. The second-order valence-corrected chi connectivity index (χ2v) is 9.31. The molecule has 0 spiro atoms. The molecule has 0 fully saturated rings. The zero-order valence-corrected chi connectivity index (χ0v) is 19.3. The number of anilines is 1. The molecule has 34 heavy (non-hydrogen) atoms. The first-order valence-electron chi connectivity index (χ1n) is 9.27. The lowest BCUT2D eigenvalue weighted by Crippen LogP contribution is -2.49. The largest absolute Gasteiger partial charge is 0.617 e. The fourth-order valence-corrected chi connectivity index (χ4v) is 3.75. The molecule has 3 amide bonds. The van der Waals surface area contributed by atoms with Gasteiger partial charge in [-0.3, -0.25) is 14.6 Å². The average molecular weight is 528 g/mol. The number of imide groups is 1. The topological polar surface area (TPSA) is 72.9 Å². The van der Waals surface area contributed by atoms with Gasteiger partial charge < -0.3 is 9.29 Å². The third kappa shape index (κ3) is 7.29. The maximum absolute atomic E-state index is 14.7. The van der Waals surface area contributed by atoms with Crippen LogP contribution in [0.3, 0.4) is 0 Å². The Balaban J connectivity index is 2.48. The van der Waals surface area contributed by atoms with E-state index in [1.807, 2.05) is 0 Å². The van der Waals surface area contributed by atoms with Crippen LogP contribution in [0.2, 0.25) is 0 Å². The first-order valence-corrected chi connectivity index (χ1v) is 11.8. The molecule has 2 aromatic rings. The van der Waals surface area contributed by atoms with Gasteiger partial charge in [0, 0.05) is 12.0 Å². The van der Waals surface area contributed by atoms with Gasteiger partial charge in [-0.15, -0.1) is 0 Å². The molecule has 0 aliphatic rings. The van der Waals surface area contributed by atoms with Crippen molar-refractivity contribution in [2.24, 2.45) is 0 Å². The SMILES string of the molecule is COCN(C(=O)N(CC[S+](C)[O-])C(=O)c1c(F)cccc1F)c1ccc(SC(F)(F)F)cc1F. The lowest BCUT2D eigenvalue weighted by atomic mass is 10.1. The molecule has 0 saturated carbocycles. The van der Waals surface area contributed by atoms with Gasteiger partial charge in [0.1, 0.15) is 35.5 Å². The standard InChI is InChI=1S/C20H18F6N2O4S2/c1-32-11-28(16-7-6-12(10-15(16)23)33-20(24,25)26)19(30)27(8-9-34(2)31)18(29)17-13(21)4-3-5-14(17)22/h3-7,10H,8-9,11H2,1-2H3. The van der Waals surface area contributed by atoms with E-state index < -0.39 is 87.3 Å². The second-order valence-electron chi connectivity index (χ2n) is 6.62. The molecule has 2 aromatic carbocycles. The summed E-state index contributed by atoms with van der Waals surface area (Å²) in [4.78, 5) is 26.5. The Morgan fingerprint density at radius 3 is 2.21 bits per heavy atom. The number of thioether (sulfide) groups is 1. The van der Waals surface area contributed by atoms with Gasteiger partial charge in [0.15, 0.2) is 0 Å². The van der Waals surface area contributed by atoms with E-state index in [0.717, 1.165) is 37.4 Å². The zero-order chi connectivity index (χ0) is 25.6. The van der Waals surface area contributed by atoms with Gasteiger partial charge in [-0.2, -0.15) is 13.2 Å². The summed E-state index contributed by atoms with van der Waals surface area (Å²) < 4.78 is 97.2. The Morgan fingerprint density at radius 1 is 1.09 bits per heavy atom. The molecule has 1 atom stereocenters. The van der Waals surface area contributed by atoms with Gasteiger partial charge in [0.25, 0.3) is 5.91 Å². The summed E-state index contributed by atoms with van der Waals surface area (Å²) in [7, 11) is 1.12. The third-order valence-corrected chi connectivity index (χ3v) is 5.67. The van der Waals surface area contributed by atoms with Crippen LogP contribution in [0, 0.1) is 17.5 Å². The van der Waals surface area contributed by atoms with Crippen molar-refractivity contribution in [3.05, 3.63) is 59.4 Å². The van der Waals surface area contributed by atoms with Crippen LogP contribution in [0.25, 0.3) is 0 Å². The summed E-state index contributed by atoms with van der Waals surface area (Å²) in [6.07, 6.45) is 1.26. The monoisotopic (exact) mass is 528 g/mol. The summed E-state index contributed by atoms with van der Waals surface area (Å²) in [6.45, 7) is -1.22. The first kappa shape index (κ1) is 27.8. The number of rotatable bonds is 8. The van der Waals surface area contributed by atoms with Crippen LogP contribution in [0.15, 0.2) is 41.3 Å². The van der Waals surface area contributed by atoms with E-state index in [2.05, 4.69) is 0 Å². The molecule has 0 heterocycles. The van der Waals surface area contributed by atoms with E-state index in [1.54, 1.807) is 0 Å². The number of nitrogens with zero attached hydrogens (tertiary/aromatic N) is 2. The number of halogens is 6. The highest BCUT2D eigenvalue weighted by molar-refractivity contribution is 8.00. The van der Waals surface area contributed by atoms with E-state index in [4.69, 9.17) is 4.74 Å². The van der Waals surface area contributed by atoms with Crippen LogP contribution in [-0.4, -0.2) is 59.3 Å². The molecule has 0 aliphatic heterocycles. The molecular formula is C20H18F6N2O4S2. The normalized spacial score (nSPS) is 12.4. The summed E-state index contributed by atoms with van der Waals surface area (Å²) in [5.41, 5.74) is -6.30. The Labute approximate surface area is 198 Å². The van der Waals surface area contributed by atoms with E-state index in [0.29, 0.717) is 15.9 Å². The maximum Gasteiger partial charge on any atom is 0.446 e. The summed E-state index contributed by atoms with van der Waals surface area (Å²) in [5, 5.41) is 0. The molecule has 0 bridgehead atoms. The highest BCUT2D eigenvalue weighted by Gasteiger charge is 2.34. The first-order chi connectivity index (χ1) is 15.9. The van der Waals surface area contributed by atoms with E-state index >= 15 is 0 Å². The van der Waals surface area contributed by atoms with Gasteiger partial charge >= 0.3 is 11.5 Å². The number of carbonyl (C=O) groups excluding carboxylic acids is 2. The predicted octanol–water partition coefficient (Wildman–Crippen LogP) is 4.77. The smallest absolute Gasteiger partial charge is 0.446 e. The van der Waals surface area contributed by atoms with Gasteiger partial charge in [-0.25, -0.2) is 18.0 Å². The minimum Gasteiger partial charge on any atom is -0.617 e. The number of urea groups is 1. The molecule has 0 aliphatic carbocycles. The van der Waals surface area contributed by atoms with Crippen molar-refractivity contribution in [1.29, 1.82) is 0 Å². The van der Waals surface area contributed by atoms with Crippen molar-refractivity contribution < 1.29 is 45.2 Å². The third-order valence-electron chi connectivity index (χ3n) is 4.19. The average Bonchev–Trinajstić information content (AvgIpc) is 2.71. The van der Waals surface area contributed by atoms with Crippen molar-refractivity contribution >= 4 is 40.6 Å². The fourth-order valence-electron chi connectivity index (χ4n) is 2.75. The summed E-state index contributed by atoms with van der Waals surface area (Å²) >= 11 is -2.11. The molecular weight excluding hydrogens is 510 g/mol. The molecule has 2 rings (SSSR count). The Bertz CT molecular complexity index is 1020. The summed E-state index contributed by atoms with van der Waals surface area (Å²) in [6, 6.07) is 3.59. The van der Waals surface area contributed by atoms with Crippen molar-refractivity contribution in [3.63, 3.8) is 0 Å². The Kier molecular flexibility index (Phi) is 9.67. The number of carbonyl (C=O) groups is 2. The van der Waals surface area contributed by atoms with E-state index in [-0.39, 0.29) is 5.75 Å². The quantitative estimate of drug-likeness (QED) is 0.214. The molecule has 1 unspecified atom stereocenters. The molecule has 0 N–H and O–H groups in total. The Morgan fingerprint density at radius 2 is 1.71 bits per heavy atom. The molecule has 0 radical (unpaired) electrons. The number of hydrogen-bond donors (Lipinski definition) is 0. The van der Waals surface area contributed by atoms with Crippen LogP contribution >= 0.6 is 11.8 Å². The fraction of sp³-hybridized carbons (Fsp3) is 0.300. The molecule has 0 aromatic heterocycles. The van der Waals surface area contributed by atoms with Crippen LogP contribution in [0.1, 0.15) is 10.4 Å². The van der Waals surface area contributed by atoms with Crippen LogP contribution in [-0.2, 0) is 15.9 Å². The Hall–Kier alpha value is -2.42. The van der Waals surface area contributed by atoms with Crippen molar-refractivity contribution in [2.45, 2.75) is 10.4 Å². The van der Waals surface area contributed by atoms with Gasteiger partial charge in [-0.05, 0) is 42.1 Å². The summed E-state index contributed by atoms with van der Waals surface area (Å²) in [5.74, 6) is -5.46. The number of ether oxygens (including phenoxy) is 1. The number of amides is 3. The predicted molar refractivity (Wildman–Crippen MR) is 114 cm³/mol. The zero-order valence-electron chi connectivity index (χ0n) is 17.7. The molecule has 14 heteroatoms.